The smallest absolute Gasteiger partial charge is 0.0272 e. The van der Waals surface area contributed by atoms with Gasteiger partial charge in [-0.2, -0.15) is 0 Å². The topological polar surface area (TPSA) is 0 Å². The van der Waals surface area contributed by atoms with Gasteiger partial charge >= 0.3 is 0 Å². The van der Waals surface area contributed by atoms with Gasteiger partial charge in [-0.1, -0.05) is 172 Å². The van der Waals surface area contributed by atoms with E-state index in [1.54, 1.807) is 11.1 Å². The lowest BCUT2D eigenvalue weighted by Crippen LogP contribution is -2.55. The lowest BCUT2D eigenvalue weighted by molar-refractivity contribution is -0.0399. The van der Waals surface area contributed by atoms with Crippen molar-refractivity contribution < 1.29 is 0 Å². The Bertz CT molecular complexity index is 3270. The van der Waals surface area contributed by atoms with Gasteiger partial charge < -0.3 is 0 Å². The van der Waals surface area contributed by atoms with Crippen LogP contribution in [0.3, 0.4) is 0 Å². The molecule has 292 valence electrons. The van der Waals surface area contributed by atoms with E-state index in [2.05, 4.69) is 184 Å². The molecule has 9 aromatic carbocycles. The highest BCUT2D eigenvalue weighted by Crippen LogP contribution is 2.69. The van der Waals surface area contributed by atoms with E-state index in [4.69, 9.17) is 0 Å². The first kappa shape index (κ1) is 34.5. The number of hydrogen-bond acceptors (Lipinski definition) is 0. The largest absolute Gasteiger partial charge is 0.0619 e. The predicted octanol–water partition coefficient (Wildman–Crippen LogP) is 16.2. The van der Waals surface area contributed by atoms with Gasteiger partial charge in [0.25, 0.3) is 0 Å². The monoisotopic (exact) mass is 780 g/mol. The first-order chi connectivity index (χ1) is 30.0. The first-order valence-corrected chi connectivity index (χ1v) is 22.9. The summed E-state index contributed by atoms with van der Waals surface area (Å²) in [6, 6.07) is 65.8. The second-order valence-corrected chi connectivity index (χ2v) is 20.0. The Labute approximate surface area is 358 Å². The normalized spacial score (nSPS) is 23.4. The average molecular weight is 781 g/mol. The summed E-state index contributed by atoms with van der Waals surface area (Å²) in [7, 11) is 0. The van der Waals surface area contributed by atoms with Crippen LogP contribution in [-0.2, 0) is 10.8 Å². The molecule has 0 unspecified atom stereocenters. The summed E-state index contributed by atoms with van der Waals surface area (Å²) >= 11 is 0. The van der Waals surface area contributed by atoms with E-state index in [0.717, 1.165) is 23.7 Å². The van der Waals surface area contributed by atoms with Crippen LogP contribution in [0.25, 0.3) is 88.0 Å². The Morgan fingerprint density at radius 2 is 0.754 bits per heavy atom. The third-order valence-corrected chi connectivity index (χ3v) is 16.9. The molecule has 0 N–H and O–H groups in total. The van der Waals surface area contributed by atoms with E-state index < -0.39 is 0 Å². The summed E-state index contributed by atoms with van der Waals surface area (Å²) in [5.74, 6) is 3.38. The Kier molecular flexibility index (Phi) is 6.89. The molecule has 0 heteroatoms. The maximum absolute atomic E-state index is 2.66. The molecule has 4 bridgehead atoms. The fourth-order valence-corrected chi connectivity index (χ4v) is 14.7. The van der Waals surface area contributed by atoms with E-state index in [0.29, 0.717) is 0 Å². The van der Waals surface area contributed by atoms with Crippen LogP contribution >= 0.6 is 0 Å². The van der Waals surface area contributed by atoms with Crippen LogP contribution in [-0.4, -0.2) is 0 Å². The molecule has 4 saturated carbocycles. The van der Waals surface area contributed by atoms with Crippen molar-refractivity contribution in [3.05, 3.63) is 192 Å². The zero-order valence-corrected chi connectivity index (χ0v) is 35.0. The van der Waals surface area contributed by atoms with Gasteiger partial charge in [-0.05, 0) is 178 Å². The van der Waals surface area contributed by atoms with Gasteiger partial charge in [0.15, 0.2) is 0 Å². The number of rotatable bonds is 3. The van der Waals surface area contributed by atoms with Crippen LogP contribution in [0, 0.1) is 23.7 Å². The molecule has 0 heterocycles. The maximum atomic E-state index is 2.66. The minimum atomic E-state index is -0.0623. The van der Waals surface area contributed by atoms with Crippen LogP contribution in [0.4, 0.5) is 0 Å². The second kappa shape index (κ2) is 12.2. The fraction of sp³-hybridized carbons (Fsp3) is 0.213. The molecular weight excluding hydrogens is 733 g/mol. The molecule has 0 saturated heterocycles. The molecule has 61 heavy (non-hydrogen) atoms. The highest BCUT2D eigenvalue weighted by atomic mass is 14.6. The first-order valence-electron chi connectivity index (χ1n) is 22.9. The summed E-state index contributed by atoms with van der Waals surface area (Å²) in [5.41, 5.74) is 19.8. The van der Waals surface area contributed by atoms with Crippen molar-refractivity contribution in [3.8, 4) is 55.6 Å². The van der Waals surface area contributed by atoms with Crippen LogP contribution in [0.5, 0.6) is 0 Å². The van der Waals surface area contributed by atoms with Crippen LogP contribution in [0.2, 0.25) is 0 Å². The zero-order valence-electron chi connectivity index (χ0n) is 35.0. The Hall–Kier alpha value is -6.24. The Morgan fingerprint density at radius 3 is 1.39 bits per heavy atom. The molecular formula is C61H48. The molecule has 6 aliphatic rings. The van der Waals surface area contributed by atoms with Gasteiger partial charge in [0.05, 0.1) is 0 Å². The van der Waals surface area contributed by atoms with Crippen molar-refractivity contribution in [1.29, 1.82) is 0 Å². The summed E-state index contributed by atoms with van der Waals surface area (Å²) < 4.78 is 0. The molecule has 0 aliphatic heterocycles. The quantitative estimate of drug-likeness (QED) is 0.157. The third-order valence-electron chi connectivity index (χ3n) is 16.9. The highest BCUT2D eigenvalue weighted by Gasteiger charge is 2.61. The van der Waals surface area contributed by atoms with Crippen LogP contribution in [0.15, 0.2) is 170 Å². The van der Waals surface area contributed by atoms with Crippen molar-refractivity contribution >= 4 is 32.3 Å². The number of hydrogen-bond donors (Lipinski definition) is 0. The molecule has 0 nitrogen and oxygen atoms in total. The van der Waals surface area contributed by atoms with Crippen LogP contribution in [0.1, 0.15) is 68.2 Å². The third kappa shape index (κ3) is 4.46. The van der Waals surface area contributed by atoms with Gasteiger partial charge in [-0.3, -0.25) is 0 Å². The molecule has 15 rings (SSSR count). The Morgan fingerprint density at radius 1 is 0.328 bits per heavy atom. The van der Waals surface area contributed by atoms with Gasteiger partial charge in [-0.25, -0.2) is 0 Å². The summed E-state index contributed by atoms with van der Waals surface area (Å²) in [6.45, 7) is 4.77. The number of benzene rings is 9. The van der Waals surface area contributed by atoms with Crippen molar-refractivity contribution in [2.75, 3.05) is 0 Å². The standard InChI is InChI=1S/C61H48/c1-60(2)54-21-11-9-15-45(54)47-26-24-39(35-56(47)60)58-49-17-5-7-19-51(49)59(52-20-8-6-18-50(52)58)53-28-27-42(43-13-3-4-14-44(43)53)38-23-25-48-46-16-10-12-22-55(46)61(57(48)34-38)40-30-36-29-37(32-40)33-41(61)31-36/h3-28,34-37,40-41H,29-33H2,1-2H3. The molecule has 0 aromatic heterocycles. The van der Waals surface area contributed by atoms with Crippen molar-refractivity contribution in [2.45, 2.75) is 56.8 Å². The average Bonchev–Trinajstić information content (AvgIpc) is 3.71. The molecule has 0 radical (unpaired) electrons. The second-order valence-electron chi connectivity index (χ2n) is 20.0. The minimum Gasteiger partial charge on any atom is -0.0619 e. The molecule has 4 fully saturated rings. The molecule has 0 atom stereocenters. The van der Waals surface area contributed by atoms with E-state index in [-0.39, 0.29) is 10.8 Å². The van der Waals surface area contributed by atoms with Gasteiger partial charge in [0.1, 0.15) is 0 Å². The minimum absolute atomic E-state index is 0.0623. The summed E-state index contributed by atoms with van der Waals surface area (Å²) in [4.78, 5) is 0. The van der Waals surface area contributed by atoms with E-state index in [9.17, 15) is 0 Å². The summed E-state index contributed by atoms with van der Waals surface area (Å²) in [5, 5.41) is 7.85. The summed E-state index contributed by atoms with van der Waals surface area (Å²) in [6.07, 6.45) is 7.10. The SMILES string of the molecule is CC1(C)c2ccccc2-c2ccc(-c3c4ccccc4c(-c4ccc(-c5ccc6c(c5)C5(c7ccccc7-6)C6CC7CC(C6)CC5C7)c5ccccc45)c4ccccc34)cc21. The van der Waals surface area contributed by atoms with Gasteiger partial charge in [0, 0.05) is 10.8 Å². The van der Waals surface area contributed by atoms with Crippen LogP contribution < -0.4 is 0 Å². The van der Waals surface area contributed by atoms with E-state index >= 15 is 0 Å². The fourth-order valence-electron chi connectivity index (χ4n) is 14.7. The van der Waals surface area contributed by atoms with E-state index in [1.165, 1.54) is 131 Å². The van der Waals surface area contributed by atoms with Gasteiger partial charge in [0.2, 0.25) is 0 Å². The maximum Gasteiger partial charge on any atom is 0.0272 e. The Balaban J connectivity index is 0.960. The lowest BCUT2D eigenvalue weighted by atomic mass is 9.43. The number of fused-ring (bicyclic) bond motifs is 9. The lowest BCUT2D eigenvalue weighted by Gasteiger charge is -2.61. The predicted molar refractivity (Wildman–Crippen MR) is 256 cm³/mol. The molecule has 1 spiro atoms. The zero-order chi connectivity index (χ0) is 40.2. The van der Waals surface area contributed by atoms with E-state index in [1.807, 2.05) is 0 Å². The molecule has 0 amide bonds. The van der Waals surface area contributed by atoms with Crippen molar-refractivity contribution in [2.24, 2.45) is 23.7 Å². The molecule has 9 aromatic rings. The highest BCUT2D eigenvalue weighted by molar-refractivity contribution is 6.24. The van der Waals surface area contributed by atoms with Crippen molar-refractivity contribution in [3.63, 3.8) is 0 Å². The molecule has 6 aliphatic carbocycles. The van der Waals surface area contributed by atoms with Gasteiger partial charge in [-0.15, -0.1) is 0 Å². The van der Waals surface area contributed by atoms with Crippen molar-refractivity contribution in [1.82, 2.24) is 0 Å².